The molecule has 3 aromatic rings. The van der Waals surface area contributed by atoms with Gasteiger partial charge >= 0.3 is 0 Å². The Kier molecular flexibility index (Phi) is 2.82. The molecule has 0 radical (unpaired) electrons. The molecule has 2 heterocycles. The predicted octanol–water partition coefficient (Wildman–Crippen LogP) is 2.56. The van der Waals surface area contributed by atoms with Crippen molar-refractivity contribution >= 4 is 28.5 Å². The molecule has 2 aromatic heterocycles. The average Bonchev–Trinajstić information content (AvgIpc) is 2.80. The van der Waals surface area contributed by atoms with Crippen LogP contribution >= 0.6 is 11.8 Å². The van der Waals surface area contributed by atoms with E-state index in [4.69, 9.17) is 11.0 Å². The third-order valence-electron chi connectivity index (χ3n) is 2.57. The average molecular weight is 267 g/mol. The lowest BCUT2D eigenvalue weighted by Gasteiger charge is -1.98. The van der Waals surface area contributed by atoms with E-state index in [0.29, 0.717) is 21.4 Å². The summed E-state index contributed by atoms with van der Waals surface area (Å²) in [7, 11) is 0. The number of anilines is 1. The van der Waals surface area contributed by atoms with E-state index in [0.717, 1.165) is 11.0 Å². The highest BCUT2D eigenvalue weighted by Gasteiger charge is 2.09. The number of nitrogens with two attached hydrogens (primary N) is 1. The van der Waals surface area contributed by atoms with E-state index < -0.39 is 0 Å². The smallest absolute Gasteiger partial charge is 0.172 e. The fraction of sp³-hybridized carbons (Fsp3) is 0. The first-order chi connectivity index (χ1) is 9.26. The van der Waals surface area contributed by atoms with Crippen LogP contribution in [0.15, 0.2) is 46.7 Å². The highest BCUT2D eigenvalue weighted by atomic mass is 32.2. The second kappa shape index (κ2) is 4.63. The Hall–Kier alpha value is -2.52. The second-order valence-electron chi connectivity index (χ2n) is 3.89. The molecule has 0 fully saturated rings. The van der Waals surface area contributed by atoms with Gasteiger partial charge in [-0.25, -0.2) is 9.97 Å². The van der Waals surface area contributed by atoms with E-state index in [2.05, 4.69) is 21.0 Å². The van der Waals surface area contributed by atoms with Gasteiger partial charge in [0.25, 0.3) is 0 Å². The lowest BCUT2D eigenvalue weighted by molar-refractivity contribution is 1.05. The standard InChI is InChI=1S/C13H9N5S/c14-7-8-2-1-5-16-12(8)19-13-17-10-4-3-9(15)6-11(10)18-13/h1-6H,15H2,(H,17,18). The minimum Gasteiger partial charge on any atom is -0.399 e. The van der Waals surface area contributed by atoms with E-state index in [1.807, 2.05) is 12.1 Å². The largest absolute Gasteiger partial charge is 0.399 e. The number of aromatic amines is 1. The first-order valence-corrected chi connectivity index (χ1v) is 6.36. The molecule has 0 amide bonds. The third-order valence-corrected chi connectivity index (χ3v) is 3.47. The van der Waals surface area contributed by atoms with Gasteiger partial charge in [-0.05, 0) is 42.1 Å². The summed E-state index contributed by atoms with van der Waals surface area (Å²) in [5.74, 6) is 0. The zero-order valence-corrected chi connectivity index (χ0v) is 10.6. The van der Waals surface area contributed by atoms with Crippen LogP contribution in [0.2, 0.25) is 0 Å². The molecular formula is C13H9N5S. The maximum atomic E-state index is 9.02. The second-order valence-corrected chi connectivity index (χ2v) is 4.87. The summed E-state index contributed by atoms with van der Waals surface area (Å²) in [6, 6.07) is 11.1. The molecule has 0 aliphatic heterocycles. The van der Waals surface area contributed by atoms with E-state index >= 15 is 0 Å². The number of nitrogens with zero attached hydrogens (tertiary/aromatic N) is 3. The minimum absolute atomic E-state index is 0.535. The monoisotopic (exact) mass is 267 g/mol. The van der Waals surface area contributed by atoms with E-state index in [-0.39, 0.29) is 0 Å². The molecule has 92 valence electrons. The van der Waals surface area contributed by atoms with Gasteiger partial charge in [-0.15, -0.1) is 0 Å². The molecule has 1 aromatic carbocycles. The molecule has 0 saturated carbocycles. The molecule has 5 nitrogen and oxygen atoms in total. The van der Waals surface area contributed by atoms with Crippen LogP contribution in [-0.2, 0) is 0 Å². The number of nitriles is 1. The fourth-order valence-corrected chi connectivity index (χ4v) is 2.53. The van der Waals surface area contributed by atoms with E-state index in [1.54, 1.807) is 24.4 Å². The Balaban J connectivity index is 1.99. The minimum atomic E-state index is 0.535. The summed E-state index contributed by atoms with van der Waals surface area (Å²) < 4.78 is 0. The first kappa shape index (κ1) is 11.6. The molecule has 0 aliphatic carbocycles. The van der Waals surface area contributed by atoms with Gasteiger partial charge in [0.1, 0.15) is 11.1 Å². The molecule has 19 heavy (non-hydrogen) atoms. The van der Waals surface area contributed by atoms with E-state index in [9.17, 15) is 0 Å². The molecule has 0 saturated heterocycles. The number of nitrogen functional groups attached to an aromatic ring is 1. The molecule has 0 unspecified atom stereocenters. The van der Waals surface area contributed by atoms with Gasteiger partial charge in [-0.2, -0.15) is 5.26 Å². The van der Waals surface area contributed by atoms with E-state index in [1.165, 1.54) is 11.8 Å². The number of benzene rings is 1. The van der Waals surface area contributed by atoms with Gasteiger partial charge < -0.3 is 10.7 Å². The number of hydrogen-bond acceptors (Lipinski definition) is 5. The highest BCUT2D eigenvalue weighted by Crippen LogP contribution is 2.28. The van der Waals surface area contributed by atoms with Crippen LogP contribution in [0.25, 0.3) is 11.0 Å². The predicted molar refractivity (Wildman–Crippen MR) is 73.6 cm³/mol. The Morgan fingerprint density at radius 3 is 3.05 bits per heavy atom. The molecular weight excluding hydrogens is 258 g/mol. The van der Waals surface area contributed by atoms with Crippen molar-refractivity contribution in [1.82, 2.24) is 15.0 Å². The topological polar surface area (TPSA) is 91.4 Å². The lowest BCUT2D eigenvalue weighted by atomic mass is 10.3. The lowest BCUT2D eigenvalue weighted by Crippen LogP contribution is -1.85. The third kappa shape index (κ3) is 2.23. The van der Waals surface area contributed by atoms with Crippen LogP contribution < -0.4 is 5.73 Å². The van der Waals surface area contributed by atoms with Crippen molar-refractivity contribution in [2.45, 2.75) is 10.2 Å². The molecule has 0 aliphatic rings. The number of rotatable bonds is 2. The maximum absolute atomic E-state index is 9.02. The van der Waals surface area contributed by atoms with Gasteiger partial charge in [0.2, 0.25) is 0 Å². The number of imidazole rings is 1. The highest BCUT2D eigenvalue weighted by molar-refractivity contribution is 7.99. The van der Waals surface area contributed by atoms with Crippen molar-refractivity contribution in [1.29, 1.82) is 5.26 Å². The molecule has 6 heteroatoms. The van der Waals surface area contributed by atoms with Gasteiger partial charge in [-0.1, -0.05) is 0 Å². The van der Waals surface area contributed by atoms with Crippen LogP contribution in [0.4, 0.5) is 5.69 Å². The normalized spacial score (nSPS) is 10.5. The van der Waals surface area contributed by atoms with Gasteiger partial charge in [-0.3, -0.25) is 0 Å². The number of fused-ring (bicyclic) bond motifs is 1. The van der Waals surface area contributed by atoms with Gasteiger partial charge in [0.15, 0.2) is 5.16 Å². The Morgan fingerprint density at radius 2 is 2.21 bits per heavy atom. The number of hydrogen-bond donors (Lipinski definition) is 2. The van der Waals surface area contributed by atoms with Gasteiger partial charge in [0.05, 0.1) is 16.6 Å². The maximum Gasteiger partial charge on any atom is 0.172 e. The van der Waals surface area contributed by atoms with Crippen LogP contribution in [0.3, 0.4) is 0 Å². The summed E-state index contributed by atoms with van der Waals surface area (Å²) in [5, 5.41) is 10.3. The molecule has 3 N–H and O–H groups in total. The van der Waals surface area contributed by atoms with Crippen LogP contribution in [-0.4, -0.2) is 15.0 Å². The number of nitrogens with one attached hydrogen (secondary N) is 1. The number of H-pyrrole nitrogens is 1. The zero-order chi connectivity index (χ0) is 13.2. The van der Waals surface area contributed by atoms with Crippen molar-refractivity contribution in [3.05, 3.63) is 42.1 Å². The summed E-state index contributed by atoms with van der Waals surface area (Å²) in [4.78, 5) is 11.8. The van der Waals surface area contributed by atoms with Crippen LogP contribution in [0.1, 0.15) is 5.56 Å². The molecule has 3 rings (SSSR count). The Labute approximate surface area is 113 Å². The quantitative estimate of drug-likeness (QED) is 0.696. The number of aromatic nitrogens is 3. The van der Waals surface area contributed by atoms with Crippen molar-refractivity contribution in [2.24, 2.45) is 0 Å². The van der Waals surface area contributed by atoms with Crippen LogP contribution in [0.5, 0.6) is 0 Å². The van der Waals surface area contributed by atoms with Crippen molar-refractivity contribution in [3.63, 3.8) is 0 Å². The number of pyridine rings is 1. The van der Waals surface area contributed by atoms with Gasteiger partial charge in [0, 0.05) is 11.9 Å². The summed E-state index contributed by atoms with van der Waals surface area (Å²) in [6.45, 7) is 0. The molecule has 0 atom stereocenters. The Morgan fingerprint density at radius 1 is 1.32 bits per heavy atom. The van der Waals surface area contributed by atoms with Crippen LogP contribution in [0, 0.1) is 11.3 Å². The first-order valence-electron chi connectivity index (χ1n) is 5.54. The Bertz CT molecular complexity index is 787. The summed E-state index contributed by atoms with van der Waals surface area (Å²) in [6.07, 6.45) is 1.66. The zero-order valence-electron chi connectivity index (χ0n) is 9.79. The van der Waals surface area contributed by atoms with Crippen molar-refractivity contribution in [2.75, 3.05) is 5.73 Å². The summed E-state index contributed by atoms with van der Waals surface area (Å²) in [5.41, 5.74) is 8.65. The summed E-state index contributed by atoms with van der Waals surface area (Å²) >= 11 is 1.33. The fourth-order valence-electron chi connectivity index (χ4n) is 1.70. The molecule has 0 spiro atoms. The molecule has 0 bridgehead atoms. The van der Waals surface area contributed by atoms with Crippen molar-refractivity contribution < 1.29 is 0 Å². The SMILES string of the molecule is N#Cc1cccnc1Sc1nc2ccc(N)cc2[nH]1. The van der Waals surface area contributed by atoms with Crippen molar-refractivity contribution in [3.8, 4) is 6.07 Å².